The lowest BCUT2D eigenvalue weighted by Crippen LogP contribution is -2.41. The summed E-state index contributed by atoms with van der Waals surface area (Å²) in [5.74, 6) is 0. The third kappa shape index (κ3) is 3.55. The third-order valence-corrected chi connectivity index (χ3v) is 2.48. The van der Waals surface area contributed by atoms with Crippen LogP contribution in [0.2, 0.25) is 0 Å². The zero-order chi connectivity index (χ0) is 9.56. The Labute approximate surface area is 76.9 Å². The third-order valence-electron chi connectivity index (χ3n) is 2.48. The number of likely N-dealkylation sites (N-methyl/N-ethyl adjacent to an activating group) is 1. The molecule has 2 unspecified atom stereocenters. The van der Waals surface area contributed by atoms with Gasteiger partial charge in [0.15, 0.2) is 0 Å². The van der Waals surface area contributed by atoms with Crippen LogP contribution in [0.15, 0.2) is 0 Å². The molecule has 0 aromatic carbocycles. The molecule has 1 saturated heterocycles. The molecule has 0 aromatic heterocycles. The molecule has 1 aliphatic heterocycles. The molecule has 0 aliphatic carbocycles. The average Bonchev–Trinajstić information content (AvgIpc) is 2.13. The van der Waals surface area contributed by atoms with E-state index < -0.39 is 0 Å². The molecule has 2 atom stereocenters. The van der Waals surface area contributed by atoms with E-state index in [0.717, 1.165) is 12.6 Å². The van der Waals surface area contributed by atoms with E-state index in [1.807, 2.05) is 13.8 Å². The summed E-state index contributed by atoms with van der Waals surface area (Å²) in [5, 5.41) is 0. The monoisotopic (exact) mass is 173 g/mol. The van der Waals surface area contributed by atoms with Crippen molar-refractivity contribution in [3.63, 3.8) is 0 Å². The van der Waals surface area contributed by atoms with Gasteiger partial charge in [-0.3, -0.25) is 0 Å². The highest BCUT2D eigenvalue weighted by atomic mass is 16.5. The summed E-state index contributed by atoms with van der Waals surface area (Å²) in [6.07, 6.45) is 2.97. The molecule has 0 radical (unpaired) electrons. The van der Waals surface area contributed by atoms with Gasteiger partial charge >= 0.3 is 0 Å². The van der Waals surface area contributed by atoms with Gasteiger partial charge in [-0.2, -0.15) is 0 Å². The second-order valence-electron chi connectivity index (χ2n) is 3.22. The van der Waals surface area contributed by atoms with Crippen LogP contribution in [-0.2, 0) is 4.74 Å². The van der Waals surface area contributed by atoms with Crippen LogP contribution in [0, 0.1) is 0 Å². The highest BCUT2D eigenvalue weighted by Gasteiger charge is 2.21. The van der Waals surface area contributed by atoms with E-state index in [4.69, 9.17) is 4.74 Å². The molecule has 1 fully saturated rings. The SMILES string of the molecule is CC.COC1CCC(C)N(C)C1. The first-order valence-electron chi connectivity index (χ1n) is 4.97. The van der Waals surface area contributed by atoms with Gasteiger partial charge in [-0.05, 0) is 26.8 Å². The lowest BCUT2D eigenvalue weighted by molar-refractivity contribution is 0.0212. The molecule has 1 rings (SSSR count). The van der Waals surface area contributed by atoms with Gasteiger partial charge in [0.2, 0.25) is 0 Å². The minimum atomic E-state index is 0.473. The molecular formula is C10H23NO. The molecular weight excluding hydrogens is 150 g/mol. The number of likely N-dealkylation sites (tertiary alicyclic amines) is 1. The average molecular weight is 173 g/mol. The fourth-order valence-corrected chi connectivity index (χ4v) is 1.43. The Morgan fingerprint density at radius 2 is 1.83 bits per heavy atom. The van der Waals surface area contributed by atoms with Crippen molar-refractivity contribution in [1.29, 1.82) is 0 Å². The first kappa shape index (κ1) is 11.9. The summed E-state index contributed by atoms with van der Waals surface area (Å²) < 4.78 is 5.27. The summed E-state index contributed by atoms with van der Waals surface area (Å²) in [6, 6.07) is 0.742. The van der Waals surface area contributed by atoms with E-state index in [0.29, 0.717) is 6.10 Å². The minimum Gasteiger partial charge on any atom is -0.380 e. The quantitative estimate of drug-likeness (QED) is 0.602. The van der Waals surface area contributed by atoms with Crippen LogP contribution in [0.1, 0.15) is 33.6 Å². The second-order valence-corrected chi connectivity index (χ2v) is 3.22. The van der Waals surface area contributed by atoms with Gasteiger partial charge in [0, 0.05) is 19.7 Å². The second kappa shape index (κ2) is 6.44. The van der Waals surface area contributed by atoms with Gasteiger partial charge in [-0.25, -0.2) is 0 Å². The summed E-state index contributed by atoms with van der Waals surface area (Å²) in [7, 11) is 3.96. The van der Waals surface area contributed by atoms with E-state index in [-0.39, 0.29) is 0 Å². The van der Waals surface area contributed by atoms with E-state index >= 15 is 0 Å². The number of nitrogens with zero attached hydrogens (tertiary/aromatic N) is 1. The maximum Gasteiger partial charge on any atom is 0.0698 e. The summed E-state index contributed by atoms with van der Waals surface area (Å²) in [5.41, 5.74) is 0. The molecule has 0 amide bonds. The summed E-state index contributed by atoms with van der Waals surface area (Å²) in [4.78, 5) is 2.36. The van der Waals surface area contributed by atoms with Crippen molar-refractivity contribution >= 4 is 0 Å². The predicted molar refractivity (Wildman–Crippen MR) is 53.5 cm³/mol. The van der Waals surface area contributed by atoms with Gasteiger partial charge < -0.3 is 9.64 Å². The van der Waals surface area contributed by atoms with E-state index in [1.54, 1.807) is 7.11 Å². The Bertz CT molecular complexity index is 106. The van der Waals surface area contributed by atoms with Crippen LogP contribution in [0.3, 0.4) is 0 Å². The van der Waals surface area contributed by atoms with Gasteiger partial charge in [0.25, 0.3) is 0 Å². The van der Waals surface area contributed by atoms with Gasteiger partial charge in [0.05, 0.1) is 6.10 Å². The van der Waals surface area contributed by atoms with Crippen LogP contribution >= 0.6 is 0 Å². The van der Waals surface area contributed by atoms with Crippen LogP contribution in [0.5, 0.6) is 0 Å². The highest BCUT2D eigenvalue weighted by Crippen LogP contribution is 2.16. The van der Waals surface area contributed by atoms with Crippen molar-refractivity contribution in [2.24, 2.45) is 0 Å². The van der Waals surface area contributed by atoms with E-state index in [1.165, 1.54) is 12.8 Å². The molecule has 1 aliphatic rings. The maximum atomic E-state index is 5.27. The molecule has 0 aromatic rings. The molecule has 2 heteroatoms. The van der Waals surface area contributed by atoms with Crippen molar-refractivity contribution in [3.05, 3.63) is 0 Å². The zero-order valence-electron chi connectivity index (χ0n) is 9.13. The molecule has 1 heterocycles. The van der Waals surface area contributed by atoms with Crippen LogP contribution < -0.4 is 0 Å². The normalized spacial score (nSPS) is 30.8. The first-order valence-corrected chi connectivity index (χ1v) is 4.97. The Balaban J connectivity index is 0.000000561. The molecule has 12 heavy (non-hydrogen) atoms. The Hall–Kier alpha value is -0.0800. The maximum absolute atomic E-state index is 5.27. The van der Waals surface area contributed by atoms with Crippen molar-refractivity contribution in [2.75, 3.05) is 20.7 Å². The van der Waals surface area contributed by atoms with Crippen molar-refractivity contribution in [3.8, 4) is 0 Å². The summed E-state index contributed by atoms with van der Waals surface area (Å²) in [6.45, 7) is 7.36. The lowest BCUT2D eigenvalue weighted by Gasteiger charge is -2.34. The molecule has 0 spiro atoms. The Morgan fingerprint density at radius 1 is 1.25 bits per heavy atom. The Kier molecular flexibility index (Phi) is 6.39. The van der Waals surface area contributed by atoms with Crippen LogP contribution in [0.25, 0.3) is 0 Å². The van der Waals surface area contributed by atoms with Crippen LogP contribution in [0.4, 0.5) is 0 Å². The highest BCUT2D eigenvalue weighted by molar-refractivity contribution is 4.76. The van der Waals surface area contributed by atoms with E-state index in [9.17, 15) is 0 Å². The summed E-state index contributed by atoms with van der Waals surface area (Å²) >= 11 is 0. The van der Waals surface area contributed by atoms with Crippen molar-refractivity contribution in [1.82, 2.24) is 4.90 Å². The predicted octanol–water partition coefficient (Wildman–Crippen LogP) is 2.14. The Morgan fingerprint density at radius 3 is 2.25 bits per heavy atom. The van der Waals surface area contributed by atoms with Crippen molar-refractivity contribution < 1.29 is 4.74 Å². The number of methoxy groups -OCH3 is 1. The molecule has 0 bridgehead atoms. The molecule has 74 valence electrons. The van der Waals surface area contributed by atoms with Crippen LogP contribution in [-0.4, -0.2) is 37.7 Å². The first-order chi connectivity index (χ1) is 5.74. The fourth-order valence-electron chi connectivity index (χ4n) is 1.43. The van der Waals surface area contributed by atoms with Crippen molar-refractivity contribution in [2.45, 2.75) is 45.8 Å². The lowest BCUT2D eigenvalue weighted by atomic mass is 10.0. The molecule has 0 saturated carbocycles. The topological polar surface area (TPSA) is 12.5 Å². The standard InChI is InChI=1S/C8H17NO.C2H6/c1-7-4-5-8(10-3)6-9(7)2;1-2/h7-8H,4-6H2,1-3H3;1-2H3. The number of hydrogen-bond acceptors (Lipinski definition) is 2. The van der Waals surface area contributed by atoms with Gasteiger partial charge in [-0.15, -0.1) is 0 Å². The fraction of sp³-hybridized carbons (Fsp3) is 1.00. The molecule has 2 nitrogen and oxygen atoms in total. The molecule has 0 N–H and O–H groups in total. The largest absolute Gasteiger partial charge is 0.380 e. The smallest absolute Gasteiger partial charge is 0.0698 e. The zero-order valence-corrected chi connectivity index (χ0v) is 9.13. The number of hydrogen-bond donors (Lipinski definition) is 0. The van der Waals surface area contributed by atoms with Gasteiger partial charge in [0.1, 0.15) is 0 Å². The van der Waals surface area contributed by atoms with Gasteiger partial charge in [-0.1, -0.05) is 13.8 Å². The number of ether oxygens (including phenoxy) is 1. The minimum absolute atomic E-state index is 0.473. The van der Waals surface area contributed by atoms with E-state index in [2.05, 4.69) is 18.9 Å². The number of piperidine rings is 1. The number of rotatable bonds is 1.